The van der Waals surface area contributed by atoms with Gasteiger partial charge in [-0.2, -0.15) is 0 Å². The van der Waals surface area contributed by atoms with Crippen molar-refractivity contribution in [2.75, 3.05) is 34.3 Å². The Kier molecular flexibility index (Phi) is 6.76. The Balaban J connectivity index is 2.28. The van der Waals surface area contributed by atoms with Gasteiger partial charge in [0.15, 0.2) is 0 Å². The highest BCUT2D eigenvalue weighted by molar-refractivity contribution is 5.36. The Labute approximate surface area is 111 Å². The van der Waals surface area contributed by atoms with Crippen LogP contribution in [0.3, 0.4) is 0 Å². The second-order valence-corrected chi connectivity index (χ2v) is 5.00. The quantitative estimate of drug-likeness (QED) is 0.717. The van der Waals surface area contributed by atoms with Crippen LogP contribution in [0.1, 0.15) is 24.0 Å². The topological polar surface area (TPSA) is 24.5 Å². The molecule has 3 nitrogen and oxygen atoms in total. The van der Waals surface area contributed by atoms with E-state index >= 15 is 0 Å². The van der Waals surface area contributed by atoms with Crippen LogP contribution in [0.2, 0.25) is 0 Å². The molecule has 1 aromatic rings. The summed E-state index contributed by atoms with van der Waals surface area (Å²) in [6.45, 7) is 5.22. The summed E-state index contributed by atoms with van der Waals surface area (Å²) in [5, 5.41) is 3.48. The fraction of sp³-hybridized carbons (Fsp3) is 0.600. The molecule has 0 saturated carbocycles. The number of nitrogens with zero attached hydrogens (tertiary/aromatic N) is 1. The fourth-order valence-corrected chi connectivity index (χ4v) is 1.95. The summed E-state index contributed by atoms with van der Waals surface area (Å²) in [6, 6.07) is 6.31. The Morgan fingerprint density at radius 3 is 2.67 bits per heavy atom. The normalized spacial score (nSPS) is 10.9. The van der Waals surface area contributed by atoms with Gasteiger partial charge >= 0.3 is 0 Å². The summed E-state index contributed by atoms with van der Waals surface area (Å²) >= 11 is 0. The van der Waals surface area contributed by atoms with Gasteiger partial charge in [-0.1, -0.05) is 17.7 Å². The Morgan fingerprint density at radius 1 is 1.22 bits per heavy atom. The first-order valence-electron chi connectivity index (χ1n) is 6.62. The highest BCUT2D eigenvalue weighted by atomic mass is 16.5. The SMILES string of the molecule is COc1ccc(C)cc1CNCCCCN(C)C. The standard InChI is InChI=1S/C15H26N2O/c1-13-7-8-15(18-4)14(11-13)12-16-9-5-6-10-17(2)3/h7-8,11,16H,5-6,9-10,12H2,1-4H3. The number of aryl methyl sites for hydroxylation is 1. The molecule has 1 aromatic carbocycles. The first kappa shape index (κ1) is 15.0. The Hall–Kier alpha value is -1.06. The summed E-state index contributed by atoms with van der Waals surface area (Å²) in [4.78, 5) is 2.23. The average molecular weight is 250 g/mol. The molecule has 0 atom stereocenters. The van der Waals surface area contributed by atoms with Crippen LogP contribution >= 0.6 is 0 Å². The number of ether oxygens (including phenoxy) is 1. The monoisotopic (exact) mass is 250 g/mol. The summed E-state index contributed by atoms with van der Waals surface area (Å²) in [5.74, 6) is 0.974. The number of methoxy groups -OCH3 is 1. The Morgan fingerprint density at radius 2 is 2.00 bits per heavy atom. The van der Waals surface area contributed by atoms with Gasteiger partial charge < -0.3 is 15.0 Å². The van der Waals surface area contributed by atoms with Crippen molar-refractivity contribution in [3.05, 3.63) is 29.3 Å². The number of unbranched alkanes of at least 4 members (excludes halogenated alkanes) is 1. The molecule has 0 aliphatic carbocycles. The second kappa shape index (κ2) is 8.11. The van der Waals surface area contributed by atoms with Gasteiger partial charge in [0, 0.05) is 12.1 Å². The van der Waals surface area contributed by atoms with Crippen molar-refractivity contribution < 1.29 is 4.74 Å². The molecule has 0 spiro atoms. The molecule has 0 saturated heterocycles. The van der Waals surface area contributed by atoms with E-state index in [4.69, 9.17) is 4.74 Å². The molecule has 0 unspecified atom stereocenters. The summed E-state index contributed by atoms with van der Waals surface area (Å²) in [5.41, 5.74) is 2.52. The van der Waals surface area contributed by atoms with Crippen LogP contribution < -0.4 is 10.1 Å². The minimum absolute atomic E-state index is 0.882. The van der Waals surface area contributed by atoms with Gasteiger partial charge in [0.2, 0.25) is 0 Å². The molecule has 3 heteroatoms. The fourth-order valence-electron chi connectivity index (χ4n) is 1.95. The van der Waals surface area contributed by atoms with Crippen molar-refractivity contribution in [1.29, 1.82) is 0 Å². The molecule has 102 valence electrons. The maximum atomic E-state index is 5.36. The van der Waals surface area contributed by atoms with E-state index in [9.17, 15) is 0 Å². The first-order chi connectivity index (χ1) is 8.63. The predicted molar refractivity (Wildman–Crippen MR) is 77.2 cm³/mol. The van der Waals surface area contributed by atoms with Crippen molar-refractivity contribution >= 4 is 0 Å². The number of hydrogen-bond acceptors (Lipinski definition) is 3. The van der Waals surface area contributed by atoms with Gasteiger partial charge in [0.1, 0.15) is 5.75 Å². The van der Waals surface area contributed by atoms with Gasteiger partial charge in [-0.05, 0) is 53.0 Å². The minimum Gasteiger partial charge on any atom is -0.496 e. The van der Waals surface area contributed by atoms with Crippen LogP contribution in [0.4, 0.5) is 0 Å². The molecule has 1 N–H and O–H groups in total. The zero-order valence-electron chi connectivity index (χ0n) is 12.1. The molecule has 0 bridgehead atoms. The van der Waals surface area contributed by atoms with Crippen LogP contribution in [0.5, 0.6) is 5.75 Å². The smallest absolute Gasteiger partial charge is 0.123 e. The van der Waals surface area contributed by atoms with Crippen LogP contribution in [-0.2, 0) is 6.54 Å². The maximum absolute atomic E-state index is 5.36. The third kappa shape index (κ3) is 5.52. The van der Waals surface area contributed by atoms with E-state index < -0.39 is 0 Å². The van der Waals surface area contributed by atoms with Gasteiger partial charge in [-0.15, -0.1) is 0 Å². The van der Waals surface area contributed by atoms with E-state index in [1.165, 1.54) is 24.0 Å². The van der Waals surface area contributed by atoms with Crippen LogP contribution in [-0.4, -0.2) is 39.2 Å². The minimum atomic E-state index is 0.882. The van der Waals surface area contributed by atoms with Crippen molar-refractivity contribution in [2.45, 2.75) is 26.3 Å². The molecule has 0 aliphatic rings. The predicted octanol–water partition coefficient (Wildman–Crippen LogP) is 2.44. The Bertz CT molecular complexity index is 350. The molecular weight excluding hydrogens is 224 g/mol. The van der Waals surface area contributed by atoms with Gasteiger partial charge in [-0.3, -0.25) is 0 Å². The van der Waals surface area contributed by atoms with Crippen LogP contribution in [0.25, 0.3) is 0 Å². The van der Waals surface area contributed by atoms with Crippen molar-refractivity contribution in [1.82, 2.24) is 10.2 Å². The average Bonchev–Trinajstić information content (AvgIpc) is 2.33. The van der Waals surface area contributed by atoms with Gasteiger partial charge in [-0.25, -0.2) is 0 Å². The van der Waals surface area contributed by atoms with E-state index in [2.05, 4.69) is 43.4 Å². The number of nitrogens with one attached hydrogen (secondary N) is 1. The van der Waals surface area contributed by atoms with Gasteiger partial charge in [0.25, 0.3) is 0 Å². The lowest BCUT2D eigenvalue weighted by molar-refractivity contribution is 0.390. The lowest BCUT2D eigenvalue weighted by atomic mass is 10.1. The molecule has 0 amide bonds. The molecule has 0 radical (unpaired) electrons. The highest BCUT2D eigenvalue weighted by Crippen LogP contribution is 2.19. The zero-order valence-corrected chi connectivity index (χ0v) is 12.1. The van der Waals surface area contributed by atoms with Crippen molar-refractivity contribution in [3.63, 3.8) is 0 Å². The lowest BCUT2D eigenvalue weighted by Crippen LogP contribution is -2.18. The third-order valence-corrected chi connectivity index (χ3v) is 2.96. The summed E-state index contributed by atoms with van der Waals surface area (Å²) < 4.78 is 5.36. The lowest BCUT2D eigenvalue weighted by Gasteiger charge is -2.11. The number of benzene rings is 1. The van der Waals surface area contributed by atoms with E-state index in [1.54, 1.807) is 7.11 Å². The second-order valence-electron chi connectivity index (χ2n) is 5.00. The molecule has 0 fully saturated rings. The number of hydrogen-bond donors (Lipinski definition) is 1. The molecule has 1 rings (SSSR count). The van der Waals surface area contributed by atoms with Crippen molar-refractivity contribution in [3.8, 4) is 5.75 Å². The van der Waals surface area contributed by atoms with Crippen LogP contribution in [0.15, 0.2) is 18.2 Å². The zero-order chi connectivity index (χ0) is 13.4. The summed E-state index contributed by atoms with van der Waals surface area (Å²) in [6.07, 6.45) is 2.46. The number of rotatable bonds is 8. The van der Waals surface area contributed by atoms with Gasteiger partial charge in [0.05, 0.1) is 7.11 Å². The van der Waals surface area contributed by atoms with Crippen molar-refractivity contribution in [2.24, 2.45) is 0 Å². The highest BCUT2D eigenvalue weighted by Gasteiger charge is 2.02. The molecule has 18 heavy (non-hydrogen) atoms. The first-order valence-corrected chi connectivity index (χ1v) is 6.62. The maximum Gasteiger partial charge on any atom is 0.123 e. The van der Waals surface area contributed by atoms with E-state index in [1.807, 2.05) is 6.07 Å². The van der Waals surface area contributed by atoms with E-state index in [0.29, 0.717) is 0 Å². The molecule has 0 aliphatic heterocycles. The summed E-state index contributed by atoms with van der Waals surface area (Å²) in [7, 11) is 5.96. The molecule has 0 aromatic heterocycles. The van der Waals surface area contributed by atoms with E-state index in [-0.39, 0.29) is 0 Å². The van der Waals surface area contributed by atoms with E-state index in [0.717, 1.165) is 25.4 Å². The van der Waals surface area contributed by atoms with Crippen LogP contribution in [0, 0.1) is 6.92 Å². The third-order valence-electron chi connectivity index (χ3n) is 2.96. The largest absolute Gasteiger partial charge is 0.496 e. The molecular formula is C15H26N2O. The molecule has 0 heterocycles.